The first-order chi connectivity index (χ1) is 18.9. The number of amides is 4. The number of carbonyl (C=O) groups excluding carboxylic acids is 3. The molecule has 1 N–H and O–H groups in total. The largest absolute Gasteiger partial charge is 0.493 e. The normalized spacial score (nSPS) is 23.4. The van der Waals surface area contributed by atoms with Gasteiger partial charge in [-0.05, 0) is 75.2 Å². The van der Waals surface area contributed by atoms with Crippen LogP contribution in [0.3, 0.4) is 0 Å². The number of hydrogen-bond donors (Lipinski definition) is 1. The predicted octanol–water partition coefficient (Wildman–Crippen LogP) is 2.69. The number of fused-ring (bicyclic) bond motifs is 1. The quantitative estimate of drug-likeness (QED) is 0.381. The molecular weight excluding hydrogens is 500 g/mol. The van der Waals surface area contributed by atoms with Crippen molar-refractivity contribution in [2.24, 2.45) is 5.92 Å². The van der Waals surface area contributed by atoms with Crippen LogP contribution in [0, 0.1) is 5.92 Å². The first-order valence-electron chi connectivity index (χ1n) is 14.3. The molecule has 0 saturated carbocycles. The van der Waals surface area contributed by atoms with Crippen LogP contribution in [0.15, 0.2) is 18.2 Å². The highest BCUT2D eigenvalue weighted by Crippen LogP contribution is 2.32. The number of methoxy groups -OCH3 is 3. The summed E-state index contributed by atoms with van der Waals surface area (Å²) in [4.78, 5) is 44.7. The van der Waals surface area contributed by atoms with Crippen LogP contribution in [-0.4, -0.2) is 105 Å². The second-order valence-electron chi connectivity index (χ2n) is 10.8. The summed E-state index contributed by atoms with van der Waals surface area (Å²) in [5.74, 6) is 1.44. The number of nitrogens with one attached hydrogen (secondary N) is 1. The van der Waals surface area contributed by atoms with Gasteiger partial charge in [0.25, 0.3) is 5.91 Å². The number of ether oxygens (including phenoxy) is 3. The molecule has 0 aliphatic carbocycles. The van der Waals surface area contributed by atoms with Crippen molar-refractivity contribution in [2.75, 3.05) is 60.7 Å². The highest BCUT2D eigenvalue weighted by Gasteiger charge is 2.38. The van der Waals surface area contributed by atoms with Crippen molar-refractivity contribution in [2.45, 2.75) is 63.5 Å². The lowest BCUT2D eigenvalue weighted by atomic mass is 9.83. The van der Waals surface area contributed by atoms with E-state index in [1.807, 2.05) is 23.1 Å². The van der Waals surface area contributed by atoms with Gasteiger partial charge in [-0.2, -0.15) is 0 Å². The van der Waals surface area contributed by atoms with E-state index < -0.39 is 12.1 Å². The zero-order chi connectivity index (χ0) is 27.8. The van der Waals surface area contributed by atoms with Gasteiger partial charge in [0.15, 0.2) is 11.5 Å². The second kappa shape index (κ2) is 14.0. The molecule has 0 radical (unpaired) electrons. The smallest absolute Gasteiger partial charge is 0.324 e. The average Bonchev–Trinajstić information content (AvgIpc) is 3.24. The summed E-state index contributed by atoms with van der Waals surface area (Å²) in [7, 11) is 4.79. The molecule has 39 heavy (non-hydrogen) atoms. The lowest BCUT2D eigenvalue weighted by molar-refractivity contribution is -0.133. The SMILES string of the molecule is COCCN(CC1CCCN2CCCCC12)C(=O)CCC1NC(=O)N(CCc2ccc(OC)c(OC)c2)C1=O. The zero-order valence-corrected chi connectivity index (χ0v) is 23.7. The Morgan fingerprint density at radius 3 is 2.62 bits per heavy atom. The molecule has 216 valence electrons. The fourth-order valence-electron chi connectivity index (χ4n) is 6.28. The highest BCUT2D eigenvalue weighted by molar-refractivity contribution is 6.04. The van der Waals surface area contributed by atoms with Crippen molar-refractivity contribution in [3.05, 3.63) is 23.8 Å². The summed E-state index contributed by atoms with van der Waals surface area (Å²) in [5.41, 5.74) is 0.930. The van der Waals surface area contributed by atoms with E-state index in [1.54, 1.807) is 21.3 Å². The lowest BCUT2D eigenvalue weighted by Crippen LogP contribution is -2.52. The van der Waals surface area contributed by atoms with E-state index in [1.165, 1.54) is 43.7 Å². The first kappa shape index (κ1) is 29.1. The van der Waals surface area contributed by atoms with Crippen LogP contribution >= 0.6 is 0 Å². The van der Waals surface area contributed by atoms with Gasteiger partial charge in [-0.15, -0.1) is 0 Å². The van der Waals surface area contributed by atoms with E-state index in [4.69, 9.17) is 14.2 Å². The molecule has 10 heteroatoms. The highest BCUT2D eigenvalue weighted by atomic mass is 16.5. The zero-order valence-electron chi connectivity index (χ0n) is 23.7. The molecule has 3 atom stereocenters. The van der Waals surface area contributed by atoms with Crippen molar-refractivity contribution in [3.8, 4) is 11.5 Å². The monoisotopic (exact) mass is 544 g/mol. The Morgan fingerprint density at radius 2 is 1.85 bits per heavy atom. The van der Waals surface area contributed by atoms with Crippen LogP contribution in [0.1, 0.15) is 50.5 Å². The van der Waals surface area contributed by atoms with Crippen molar-refractivity contribution in [1.29, 1.82) is 0 Å². The summed E-state index contributed by atoms with van der Waals surface area (Å²) in [6.45, 7) is 4.34. The molecule has 1 aromatic carbocycles. The molecule has 3 saturated heterocycles. The minimum atomic E-state index is -0.681. The lowest BCUT2D eigenvalue weighted by Gasteiger charge is -2.45. The number of imide groups is 1. The fourth-order valence-corrected chi connectivity index (χ4v) is 6.28. The molecule has 10 nitrogen and oxygen atoms in total. The summed E-state index contributed by atoms with van der Waals surface area (Å²) >= 11 is 0. The average molecular weight is 545 g/mol. The molecule has 1 aromatic rings. The summed E-state index contributed by atoms with van der Waals surface area (Å²) < 4.78 is 15.9. The third-order valence-corrected chi connectivity index (χ3v) is 8.43. The molecule has 4 amide bonds. The molecular formula is C29H44N4O6. The van der Waals surface area contributed by atoms with Crippen LogP contribution < -0.4 is 14.8 Å². The first-order valence-corrected chi connectivity index (χ1v) is 14.3. The van der Waals surface area contributed by atoms with Gasteiger partial charge in [0.1, 0.15) is 6.04 Å². The van der Waals surface area contributed by atoms with E-state index in [0.717, 1.165) is 18.5 Å². The molecule has 0 bridgehead atoms. The number of piperidine rings is 2. The van der Waals surface area contributed by atoms with Crippen LogP contribution in [0.5, 0.6) is 11.5 Å². The maximum atomic E-state index is 13.3. The number of hydrogen-bond acceptors (Lipinski definition) is 7. The Hall–Kier alpha value is -2.85. The molecule has 0 spiro atoms. The number of benzene rings is 1. The van der Waals surface area contributed by atoms with E-state index in [0.29, 0.717) is 49.5 Å². The minimum Gasteiger partial charge on any atom is -0.493 e. The van der Waals surface area contributed by atoms with Crippen molar-refractivity contribution in [1.82, 2.24) is 20.0 Å². The van der Waals surface area contributed by atoms with Gasteiger partial charge < -0.3 is 29.3 Å². The van der Waals surface area contributed by atoms with E-state index in [-0.39, 0.29) is 24.8 Å². The number of urea groups is 1. The fraction of sp³-hybridized carbons (Fsp3) is 0.690. The molecule has 0 aromatic heterocycles. The third kappa shape index (κ3) is 7.22. The Kier molecular flexibility index (Phi) is 10.4. The molecule has 3 heterocycles. The van der Waals surface area contributed by atoms with Crippen molar-refractivity contribution >= 4 is 17.8 Å². The maximum absolute atomic E-state index is 13.3. The molecule has 3 unspecified atom stereocenters. The van der Waals surface area contributed by atoms with Gasteiger partial charge in [-0.25, -0.2) is 4.79 Å². The Morgan fingerprint density at radius 1 is 1.05 bits per heavy atom. The number of carbonyl (C=O) groups is 3. The van der Waals surface area contributed by atoms with Gasteiger partial charge in [0.2, 0.25) is 5.91 Å². The van der Waals surface area contributed by atoms with Gasteiger partial charge >= 0.3 is 6.03 Å². The number of rotatable bonds is 13. The molecule has 4 rings (SSSR count). The van der Waals surface area contributed by atoms with Crippen LogP contribution in [-0.2, 0) is 20.7 Å². The van der Waals surface area contributed by atoms with E-state index >= 15 is 0 Å². The Labute approximate surface area is 231 Å². The maximum Gasteiger partial charge on any atom is 0.324 e. The van der Waals surface area contributed by atoms with Crippen LogP contribution in [0.25, 0.3) is 0 Å². The van der Waals surface area contributed by atoms with Gasteiger partial charge in [0.05, 0.1) is 20.8 Å². The van der Waals surface area contributed by atoms with Crippen LogP contribution in [0.4, 0.5) is 4.79 Å². The van der Waals surface area contributed by atoms with E-state index in [2.05, 4.69) is 10.2 Å². The van der Waals surface area contributed by atoms with Crippen LogP contribution in [0.2, 0.25) is 0 Å². The number of nitrogens with zero attached hydrogens (tertiary/aromatic N) is 3. The second-order valence-corrected chi connectivity index (χ2v) is 10.8. The summed E-state index contributed by atoms with van der Waals surface area (Å²) in [5, 5.41) is 2.78. The molecule has 3 fully saturated rings. The summed E-state index contributed by atoms with van der Waals surface area (Å²) in [6, 6.07) is 5.02. The third-order valence-electron chi connectivity index (χ3n) is 8.43. The van der Waals surface area contributed by atoms with E-state index in [9.17, 15) is 14.4 Å². The molecule has 3 aliphatic heterocycles. The Bertz CT molecular complexity index is 1000. The van der Waals surface area contributed by atoms with Crippen molar-refractivity contribution in [3.63, 3.8) is 0 Å². The standard InChI is InChI=1S/C29H44N4O6/c1-37-18-17-32(20-22-7-6-15-31-14-5-4-8-24(22)31)27(34)12-10-23-28(35)33(29(36)30-23)16-13-21-9-11-25(38-2)26(19-21)39-3/h9,11,19,22-24H,4-8,10,12-18,20H2,1-3H3,(H,30,36). The van der Waals surface area contributed by atoms with Gasteiger partial charge in [-0.1, -0.05) is 12.5 Å². The predicted molar refractivity (Wildman–Crippen MR) is 147 cm³/mol. The van der Waals surface area contributed by atoms with Crippen molar-refractivity contribution < 1.29 is 28.6 Å². The molecule has 3 aliphatic rings. The minimum absolute atomic E-state index is 0.0193. The Balaban J connectivity index is 1.30. The summed E-state index contributed by atoms with van der Waals surface area (Å²) in [6.07, 6.45) is 7.05. The van der Waals surface area contributed by atoms with Gasteiger partial charge in [0, 0.05) is 39.2 Å². The van der Waals surface area contributed by atoms with Gasteiger partial charge in [-0.3, -0.25) is 14.5 Å². The topological polar surface area (TPSA) is 101 Å².